The molecule has 1 aliphatic heterocycles. The normalized spacial score (nSPS) is 18.0. The standard InChI is InChI=1S/C23H26N4O4/c1-4-5-16-6-8-17(9-7-16)23(3)21(30)27(22(31)26-23)14-20(29)25-19-12-10-18(11-13-19)24-15(2)28/h6-13H,4-5,14H2,1-3H3,(H,24,28)(H,25,29)(H,26,31)/t23-/m1/s1. The van der Waals surface area contributed by atoms with Gasteiger partial charge in [0, 0.05) is 18.3 Å². The molecule has 1 atom stereocenters. The zero-order valence-electron chi connectivity index (χ0n) is 17.8. The fraction of sp³-hybridized carbons (Fsp3) is 0.304. The maximum absolute atomic E-state index is 13.0. The average molecular weight is 422 g/mol. The number of carbonyl (C=O) groups excluding carboxylic acids is 4. The van der Waals surface area contributed by atoms with Gasteiger partial charge in [-0.3, -0.25) is 19.3 Å². The van der Waals surface area contributed by atoms with Gasteiger partial charge in [0.15, 0.2) is 0 Å². The maximum Gasteiger partial charge on any atom is 0.325 e. The quantitative estimate of drug-likeness (QED) is 0.596. The molecule has 1 saturated heterocycles. The Morgan fingerprint density at radius 2 is 1.55 bits per heavy atom. The molecule has 162 valence electrons. The molecule has 0 radical (unpaired) electrons. The van der Waals surface area contributed by atoms with Crippen molar-refractivity contribution in [1.29, 1.82) is 0 Å². The summed E-state index contributed by atoms with van der Waals surface area (Å²) in [7, 11) is 0. The summed E-state index contributed by atoms with van der Waals surface area (Å²) in [5.74, 6) is -1.17. The molecule has 8 nitrogen and oxygen atoms in total. The summed E-state index contributed by atoms with van der Waals surface area (Å²) in [6.45, 7) is 4.74. The molecule has 31 heavy (non-hydrogen) atoms. The molecule has 0 saturated carbocycles. The molecule has 0 aromatic heterocycles. The van der Waals surface area contributed by atoms with Crippen LogP contribution in [-0.2, 0) is 26.3 Å². The average Bonchev–Trinajstić information content (AvgIpc) is 2.94. The van der Waals surface area contributed by atoms with Gasteiger partial charge in [-0.15, -0.1) is 0 Å². The molecule has 3 N–H and O–H groups in total. The van der Waals surface area contributed by atoms with Crippen LogP contribution in [0, 0.1) is 0 Å². The van der Waals surface area contributed by atoms with Gasteiger partial charge < -0.3 is 16.0 Å². The maximum atomic E-state index is 13.0. The molecule has 0 unspecified atom stereocenters. The third-order valence-electron chi connectivity index (χ3n) is 5.14. The second-order valence-corrected chi connectivity index (χ2v) is 7.70. The van der Waals surface area contributed by atoms with E-state index >= 15 is 0 Å². The van der Waals surface area contributed by atoms with Crippen LogP contribution in [-0.4, -0.2) is 35.2 Å². The first kappa shape index (κ1) is 22.0. The van der Waals surface area contributed by atoms with Crippen molar-refractivity contribution in [3.05, 3.63) is 59.7 Å². The fourth-order valence-electron chi connectivity index (χ4n) is 3.51. The lowest BCUT2D eigenvalue weighted by atomic mass is 9.91. The number of carbonyl (C=O) groups is 4. The second-order valence-electron chi connectivity index (χ2n) is 7.70. The van der Waals surface area contributed by atoms with Gasteiger partial charge in [0.25, 0.3) is 5.91 Å². The second kappa shape index (κ2) is 8.99. The van der Waals surface area contributed by atoms with Gasteiger partial charge in [-0.1, -0.05) is 37.6 Å². The molecule has 1 fully saturated rings. The first-order valence-electron chi connectivity index (χ1n) is 10.1. The molecule has 1 heterocycles. The zero-order valence-corrected chi connectivity index (χ0v) is 17.8. The summed E-state index contributed by atoms with van der Waals surface area (Å²) in [5, 5.41) is 8.00. The minimum Gasteiger partial charge on any atom is -0.326 e. The predicted octanol–water partition coefficient (Wildman–Crippen LogP) is 3.00. The summed E-state index contributed by atoms with van der Waals surface area (Å²) >= 11 is 0. The lowest BCUT2D eigenvalue weighted by Gasteiger charge is -2.22. The highest BCUT2D eigenvalue weighted by atomic mass is 16.2. The van der Waals surface area contributed by atoms with Gasteiger partial charge in [0.2, 0.25) is 11.8 Å². The summed E-state index contributed by atoms with van der Waals surface area (Å²) in [6, 6.07) is 13.5. The number of amides is 5. The van der Waals surface area contributed by atoms with E-state index < -0.39 is 29.9 Å². The van der Waals surface area contributed by atoms with E-state index in [9.17, 15) is 19.2 Å². The van der Waals surface area contributed by atoms with Crippen LogP contribution in [0.4, 0.5) is 16.2 Å². The van der Waals surface area contributed by atoms with Crippen molar-refractivity contribution >= 4 is 35.1 Å². The fourth-order valence-corrected chi connectivity index (χ4v) is 3.51. The van der Waals surface area contributed by atoms with Crippen LogP contribution in [0.3, 0.4) is 0 Å². The lowest BCUT2D eigenvalue weighted by Crippen LogP contribution is -2.42. The van der Waals surface area contributed by atoms with Crippen molar-refractivity contribution in [2.75, 3.05) is 17.2 Å². The number of hydrogen-bond acceptors (Lipinski definition) is 4. The van der Waals surface area contributed by atoms with Crippen molar-refractivity contribution in [2.45, 2.75) is 39.2 Å². The van der Waals surface area contributed by atoms with Gasteiger partial charge in [0.1, 0.15) is 12.1 Å². The summed E-state index contributed by atoms with van der Waals surface area (Å²) < 4.78 is 0. The van der Waals surface area contributed by atoms with Crippen LogP contribution < -0.4 is 16.0 Å². The van der Waals surface area contributed by atoms with Crippen LogP contribution >= 0.6 is 0 Å². The van der Waals surface area contributed by atoms with Crippen LogP contribution in [0.15, 0.2) is 48.5 Å². The monoisotopic (exact) mass is 422 g/mol. The Labute approximate surface area is 181 Å². The van der Waals surface area contributed by atoms with E-state index in [2.05, 4.69) is 22.9 Å². The number of rotatable bonds is 7. The first-order valence-corrected chi connectivity index (χ1v) is 10.1. The third-order valence-corrected chi connectivity index (χ3v) is 5.14. The van der Waals surface area contributed by atoms with Crippen LogP contribution in [0.1, 0.15) is 38.3 Å². The molecule has 2 aromatic rings. The molecule has 1 aliphatic rings. The number of nitrogens with zero attached hydrogens (tertiary/aromatic N) is 1. The van der Waals surface area contributed by atoms with Crippen molar-refractivity contribution in [1.82, 2.24) is 10.2 Å². The molecule has 0 aliphatic carbocycles. The zero-order chi connectivity index (χ0) is 22.6. The Kier molecular flexibility index (Phi) is 6.39. The Morgan fingerprint density at radius 3 is 2.10 bits per heavy atom. The number of benzene rings is 2. The number of urea groups is 1. The van der Waals surface area contributed by atoms with E-state index in [-0.39, 0.29) is 5.91 Å². The third kappa shape index (κ3) is 4.91. The largest absolute Gasteiger partial charge is 0.326 e. The van der Waals surface area contributed by atoms with E-state index in [1.807, 2.05) is 24.3 Å². The minimum absolute atomic E-state index is 0.196. The molecular weight excluding hydrogens is 396 g/mol. The van der Waals surface area contributed by atoms with Crippen LogP contribution in [0.5, 0.6) is 0 Å². The van der Waals surface area contributed by atoms with Crippen LogP contribution in [0.25, 0.3) is 0 Å². The number of aryl methyl sites for hydroxylation is 1. The SMILES string of the molecule is CCCc1ccc([C@@]2(C)NC(=O)N(CC(=O)Nc3ccc(NC(C)=O)cc3)C2=O)cc1. The van der Waals surface area contributed by atoms with Crippen molar-refractivity contribution < 1.29 is 19.2 Å². The molecule has 2 aromatic carbocycles. The van der Waals surface area contributed by atoms with Gasteiger partial charge >= 0.3 is 6.03 Å². The Hall–Kier alpha value is -3.68. The smallest absolute Gasteiger partial charge is 0.325 e. The van der Waals surface area contributed by atoms with E-state index in [0.717, 1.165) is 23.3 Å². The van der Waals surface area contributed by atoms with Gasteiger partial charge in [-0.2, -0.15) is 0 Å². The first-order chi connectivity index (χ1) is 14.7. The van der Waals surface area contributed by atoms with E-state index in [4.69, 9.17) is 0 Å². The van der Waals surface area contributed by atoms with Crippen molar-refractivity contribution in [3.63, 3.8) is 0 Å². The predicted molar refractivity (Wildman–Crippen MR) is 117 cm³/mol. The molecule has 0 spiro atoms. The van der Waals surface area contributed by atoms with E-state index in [1.54, 1.807) is 31.2 Å². The molecule has 0 bridgehead atoms. The van der Waals surface area contributed by atoms with Gasteiger partial charge in [0.05, 0.1) is 0 Å². The Balaban J connectivity index is 1.66. The topological polar surface area (TPSA) is 108 Å². The number of imide groups is 1. The molecule has 8 heteroatoms. The highest BCUT2D eigenvalue weighted by molar-refractivity contribution is 6.10. The minimum atomic E-state index is -1.22. The van der Waals surface area contributed by atoms with E-state index in [0.29, 0.717) is 16.9 Å². The number of nitrogens with one attached hydrogen (secondary N) is 3. The van der Waals surface area contributed by atoms with Gasteiger partial charge in [-0.25, -0.2) is 4.79 Å². The Bertz CT molecular complexity index is 1000. The summed E-state index contributed by atoms with van der Waals surface area (Å²) in [6.07, 6.45) is 1.96. The number of hydrogen-bond donors (Lipinski definition) is 3. The lowest BCUT2D eigenvalue weighted by molar-refractivity contribution is -0.133. The summed E-state index contributed by atoms with van der Waals surface area (Å²) in [5.41, 5.74) is 1.69. The van der Waals surface area contributed by atoms with Crippen molar-refractivity contribution in [3.8, 4) is 0 Å². The van der Waals surface area contributed by atoms with Crippen LogP contribution in [0.2, 0.25) is 0 Å². The molecular formula is C23H26N4O4. The van der Waals surface area contributed by atoms with Crippen molar-refractivity contribution in [2.24, 2.45) is 0 Å². The molecule has 5 amide bonds. The molecule has 3 rings (SSSR count). The number of anilines is 2. The van der Waals surface area contributed by atoms with Gasteiger partial charge in [-0.05, 0) is 48.7 Å². The Morgan fingerprint density at radius 1 is 0.968 bits per heavy atom. The highest BCUT2D eigenvalue weighted by Crippen LogP contribution is 2.29. The van der Waals surface area contributed by atoms with E-state index in [1.165, 1.54) is 6.92 Å². The summed E-state index contributed by atoms with van der Waals surface area (Å²) in [4.78, 5) is 49.9. The highest BCUT2D eigenvalue weighted by Gasteiger charge is 2.49.